The fourth-order valence-corrected chi connectivity index (χ4v) is 3.03. The molecule has 8 nitrogen and oxygen atoms in total. The molecule has 0 radical (unpaired) electrons. The van der Waals surface area contributed by atoms with Crippen molar-refractivity contribution in [2.24, 2.45) is 0 Å². The van der Waals surface area contributed by atoms with Gasteiger partial charge in [0, 0.05) is 38.1 Å². The van der Waals surface area contributed by atoms with E-state index in [0.29, 0.717) is 30.9 Å². The number of rotatable bonds is 4. The third-order valence-electron chi connectivity index (χ3n) is 4.55. The van der Waals surface area contributed by atoms with Gasteiger partial charge in [-0.3, -0.25) is 19.3 Å². The predicted molar refractivity (Wildman–Crippen MR) is 95.7 cm³/mol. The first-order chi connectivity index (χ1) is 12.6. The van der Waals surface area contributed by atoms with Crippen molar-refractivity contribution in [1.29, 1.82) is 0 Å². The molecule has 1 aliphatic heterocycles. The monoisotopic (exact) mass is 356 g/mol. The smallest absolute Gasteiger partial charge is 0.274 e. The third-order valence-corrected chi connectivity index (χ3v) is 4.55. The second-order valence-corrected chi connectivity index (χ2v) is 6.49. The lowest BCUT2D eigenvalue weighted by Gasteiger charge is -2.20. The van der Waals surface area contributed by atoms with E-state index in [0.717, 1.165) is 25.1 Å². The molecular weight excluding hydrogens is 332 g/mol. The van der Waals surface area contributed by atoms with Crippen LogP contribution >= 0.6 is 0 Å². The van der Waals surface area contributed by atoms with Crippen LogP contribution in [0.2, 0.25) is 0 Å². The fraction of sp³-hybridized carbons (Fsp3) is 0.500. The molecule has 0 spiro atoms. The van der Waals surface area contributed by atoms with Crippen molar-refractivity contribution in [3.8, 4) is 0 Å². The second-order valence-electron chi connectivity index (χ2n) is 6.49. The van der Waals surface area contributed by atoms with Gasteiger partial charge < -0.3 is 10.2 Å². The minimum atomic E-state index is -0.219. The molecule has 1 atom stereocenters. The highest BCUT2D eigenvalue weighted by atomic mass is 16.2. The van der Waals surface area contributed by atoms with Crippen molar-refractivity contribution in [3.63, 3.8) is 0 Å². The first-order valence-corrected chi connectivity index (χ1v) is 8.99. The van der Waals surface area contributed by atoms with Gasteiger partial charge in [0.15, 0.2) is 0 Å². The normalized spacial score (nSPS) is 17.6. The van der Waals surface area contributed by atoms with Crippen LogP contribution in [-0.2, 0) is 6.54 Å². The van der Waals surface area contributed by atoms with Crippen molar-refractivity contribution in [2.75, 3.05) is 13.1 Å². The minimum Gasteiger partial charge on any atom is -0.348 e. The number of carbonyl (C=O) groups excluding carboxylic acids is 2. The summed E-state index contributed by atoms with van der Waals surface area (Å²) < 4.78 is 1.75. The molecule has 1 aliphatic rings. The van der Waals surface area contributed by atoms with Crippen LogP contribution in [-0.4, -0.2) is 55.6 Å². The van der Waals surface area contributed by atoms with E-state index < -0.39 is 0 Å². The van der Waals surface area contributed by atoms with E-state index >= 15 is 0 Å². The number of likely N-dealkylation sites (tertiary alicyclic amines) is 1. The molecule has 0 aliphatic carbocycles. The van der Waals surface area contributed by atoms with E-state index in [1.54, 1.807) is 16.9 Å². The number of hydrogen-bond acceptors (Lipinski definition) is 5. The average molecular weight is 356 g/mol. The summed E-state index contributed by atoms with van der Waals surface area (Å²) in [6.45, 7) is 5.83. The van der Waals surface area contributed by atoms with Gasteiger partial charge in [0.1, 0.15) is 11.4 Å². The van der Waals surface area contributed by atoms with E-state index in [4.69, 9.17) is 0 Å². The maximum Gasteiger partial charge on any atom is 0.274 e. The molecule has 0 aromatic carbocycles. The molecule has 2 amide bonds. The van der Waals surface area contributed by atoms with Crippen molar-refractivity contribution >= 4 is 11.8 Å². The van der Waals surface area contributed by atoms with Gasteiger partial charge in [0.25, 0.3) is 11.8 Å². The van der Waals surface area contributed by atoms with Crippen LogP contribution in [0.3, 0.4) is 0 Å². The second kappa shape index (κ2) is 8.07. The molecule has 3 rings (SSSR count). The van der Waals surface area contributed by atoms with E-state index in [-0.39, 0.29) is 17.9 Å². The molecule has 1 fully saturated rings. The molecule has 0 saturated carbocycles. The van der Waals surface area contributed by atoms with Crippen LogP contribution in [0.1, 0.15) is 52.9 Å². The molecule has 0 bridgehead atoms. The molecule has 138 valence electrons. The summed E-state index contributed by atoms with van der Waals surface area (Å²) in [4.78, 5) is 34.9. The van der Waals surface area contributed by atoms with E-state index in [2.05, 4.69) is 20.4 Å². The lowest BCUT2D eigenvalue weighted by Crippen LogP contribution is -2.37. The SMILES string of the molecule is CCn1ccc(C(=O)N2CCCC(NC(=O)c3cnc(C)cn3)CC2)n1. The Morgan fingerprint density at radius 1 is 1.19 bits per heavy atom. The number of nitrogens with zero attached hydrogens (tertiary/aromatic N) is 5. The molecule has 3 heterocycles. The number of aryl methyl sites for hydroxylation is 2. The Hall–Kier alpha value is -2.77. The summed E-state index contributed by atoms with van der Waals surface area (Å²) in [5.41, 5.74) is 1.57. The third kappa shape index (κ3) is 4.25. The number of carbonyl (C=O) groups is 2. The Kier molecular flexibility index (Phi) is 5.60. The average Bonchev–Trinajstić information content (AvgIpc) is 3.01. The van der Waals surface area contributed by atoms with Crippen LogP contribution in [0.5, 0.6) is 0 Å². The first kappa shape index (κ1) is 18.0. The Morgan fingerprint density at radius 3 is 2.73 bits per heavy atom. The zero-order valence-corrected chi connectivity index (χ0v) is 15.2. The molecule has 26 heavy (non-hydrogen) atoms. The molecule has 1 N–H and O–H groups in total. The van der Waals surface area contributed by atoms with Gasteiger partial charge in [0.2, 0.25) is 0 Å². The number of hydrogen-bond donors (Lipinski definition) is 1. The molecular formula is C18H24N6O2. The quantitative estimate of drug-likeness (QED) is 0.894. The highest BCUT2D eigenvalue weighted by Crippen LogP contribution is 2.14. The van der Waals surface area contributed by atoms with Gasteiger partial charge in [-0.25, -0.2) is 4.98 Å². The van der Waals surface area contributed by atoms with Crippen LogP contribution in [0, 0.1) is 6.92 Å². The van der Waals surface area contributed by atoms with Gasteiger partial charge in [-0.15, -0.1) is 0 Å². The van der Waals surface area contributed by atoms with Crippen molar-refractivity contribution in [1.82, 2.24) is 30.0 Å². The zero-order chi connectivity index (χ0) is 18.5. The van der Waals surface area contributed by atoms with Crippen molar-refractivity contribution in [3.05, 3.63) is 41.7 Å². The first-order valence-electron chi connectivity index (χ1n) is 8.99. The van der Waals surface area contributed by atoms with Crippen LogP contribution in [0.4, 0.5) is 0 Å². The highest BCUT2D eigenvalue weighted by molar-refractivity contribution is 5.92. The van der Waals surface area contributed by atoms with Gasteiger partial charge in [-0.1, -0.05) is 0 Å². The van der Waals surface area contributed by atoms with Crippen LogP contribution in [0.25, 0.3) is 0 Å². The lowest BCUT2D eigenvalue weighted by atomic mass is 10.1. The summed E-state index contributed by atoms with van der Waals surface area (Å²) in [6.07, 6.45) is 7.27. The molecule has 1 unspecified atom stereocenters. The van der Waals surface area contributed by atoms with Gasteiger partial charge >= 0.3 is 0 Å². The Bertz CT molecular complexity index is 770. The molecule has 1 saturated heterocycles. The molecule has 2 aromatic rings. The summed E-state index contributed by atoms with van der Waals surface area (Å²) in [7, 11) is 0. The van der Waals surface area contributed by atoms with Gasteiger partial charge in [-0.05, 0) is 39.2 Å². The van der Waals surface area contributed by atoms with E-state index in [1.165, 1.54) is 6.20 Å². The molecule has 8 heteroatoms. The molecule has 2 aromatic heterocycles. The van der Waals surface area contributed by atoms with Crippen LogP contribution in [0.15, 0.2) is 24.7 Å². The number of nitrogens with one attached hydrogen (secondary N) is 1. The Labute approximate surface area is 152 Å². The van der Waals surface area contributed by atoms with Crippen LogP contribution < -0.4 is 5.32 Å². The Balaban J connectivity index is 1.56. The van der Waals surface area contributed by atoms with E-state index in [9.17, 15) is 9.59 Å². The summed E-state index contributed by atoms with van der Waals surface area (Å²) >= 11 is 0. The standard InChI is InChI=1S/C18H24N6O2/c1-3-24-10-7-15(22-24)18(26)23-8-4-5-14(6-9-23)21-17(25)16-12-19-13(2)11-20-16/h7,10-12,14H,3-6,8-9H2,1-2H3,(H,21,25). The maximum atomic E-state index is 12.6. The van der Waals surface area contributed by atoms with E-state index in [1.807, 2.05) is 24.9 Å². The minimum absolute atomic E-state index is 0.0246. The van der Waals surface area contributed by atoms with Gasteiger partial charge in [0.05, 0.1) is 11.9 Å². The Morgan fingerprint density at radius 2 is 2.04 bits per heavy atom. The largest absolute Gasteiger partial charge is 0.348 e. The van der Waals surface area contributed by atoms with Crippen molar-refractivity contribution in [2.45, 2.75) is 45.7 Å². The van der Waals surface area contributed by atoms with Gasteiger partial charge in [-0.2, -0.15) is 5.10 Å². The van der Waals surface area contributed by atoms with Crippen molar-refractivity contribution < 1.29 is 9.59 Å². The lowest BCUT2D eigenvalue weighted by molar-refractivity contribution is 0.0754. The number of aromatic nitrogens is 4. The predicted octanol–water partition coefficient (Wildman–Crippen LogP) is 1.43. The maximum absolute atomic E-state index is 12.6. The summed E-state index contributed by atoms with van der Waals surface area (Å²) in [5.74, 6) is -0.266. The zero-order valence-electron chi connectivity index (χ0n) is 15.2. The highest BCUT2D eigenvalue weighted by Gasteiger charge is 2.24. The topological polar surface area (TPSA) is 93.0 Å². The summed E-state index contributed by atoms with van der Waals surface area (Å²) in [5, 5.41) is 7.30. The fourth-order valence-electron chi connectivity index (χ4n) is 3.03. The summed E-state index contributed by atoms with van der Waals surface area (Å²) in [6, 6.07) is 1.78. The number of amides is 2.